The molecule has 36 heavy (non-hydrogen) atoms. The maximum atomic E-state index is 12.8. The molecule has 0 aromatic heterocycles. The fraction of sp³-hybridized carbons (Fsp3) is 0.423. The van der Waals surface area contributed by atoms with Crippen molar-refractivity contribution in [2.45, 2.75) is 0 Å². The number of carbonyl (C=O) groups is 3. The number of piperazine rings is 1. The van der Waals surface area contributed by atoms with Crippen LogP contribution in [-0.4, -0.2) is 101 Å². The third-order valence-electron chi connectivity index (χ3n) is 5.94. The summed E-state index contributed by atoms with van der Waals surface area (Å²) in [6.45, 7) is 3.12. The van der Waals surface area contributed by atoms with E-state index in [1.807, 2.05) is 29.2 Å². The van der Waals surface area contributed by atoms with E-state index in [2.05, 4.69) is 10.2 Å². The highest BCUT2D eigenvalue weighted by Crippen LogP contribution is 2.21. The summed E-state index contributed by atoms with van der Waals surface area (Å²) in [7, 11) is 4.58. The first-order valence-corrected chi connectivity index (χ1v) is 11.8. The number of rotatable bonds is 11. The molecule has 194 valence electrons. The van der Waals surface area contributed by atoms with Crippen LogP contribution in [0.25, 0.3) is 0 Å². The molecule has 1 heterocycles. The Labute approximate surface area is 211 Å². The van der Waals surface area contributed by atoms with E-state index in [0.717, 1.165) is 11.4 Å². The number of nitrogens with one attached hydrogen (secondary N) is 1. The van der Waals surface area contributed by atoms with E-state index in [-0.39, 0.29) is 30.9 Å². The second-order valence-electron chi connectivity index (χ2n) is 8.34. The van der Waals surface area contributed by atoms with Crippen molar-refractivity contribution in [3.8, 4) is 5.75 Å². The highest BCUT2D eigenvalue weighted by Gasteiger charge is 2.22. The predicted octanol–water partition coefficient (Wildman–Crippen LogP) is 1.72. The third-order valence-corrected chi connectivity index (χ3v) is 5.94. The topological polar surface area (TPSA) is 101 Å². The molecule has 0 saturated carbocycles. The molecule has 0 aliphatic carbocycles. The predicted molar refractivity (Wildman–Crippen MR) is 137 cm³/mol. The number of carbonyl (C=O) groups excluding carboxylic acids is 3. The van der Waals surface area contributed by atoms with E-state index in [0.29, 0.717) is 50.6 Å². The zero-order chi connectivity index (χ0) is 25.9. The van der Waals surface area contributed by atoms with Gasteiger partial charge in [0.25, 0.3) is 5.91 Å². The van der Waals surface area contributed by atoms with Crippen LogP contribution in [0.15, 0.2) is 48.5 Å². The van der Waals surface area contributed by atoms with Crippen LogP contribution in [0.3, 0.4) is 0 Å². The quantitative estimate of drug-likeness (QED) is 0.504. The number of hydrogen-bond acceptors (Lipinski definition) is 7. The number of nitrogens with zero attached hydrogens (tertiary/aromatic N) is 3. The molecule has 1 aliphatic heterocycles. The smallest absolute Gasteiger partial charge is 0.253 e. The van der Waals surface area contributed by atoms with Crippen molar-refractivity contribution in [2.75, 3.05) is 84.0 Å². The fourth-order valence-corrected chi connectivity index (χ4v) is 3.92. The van der Waals surface area contributed by atoms with Gasteiger partial charge in [-0.1, -0.05) is 0 Å². The Hall–Kier alpha value is -3.63. The van der Waals surface area contributed by atoms with Crippen LogP contribution in [-0.2, 0) is 19.1 Å². The molecule has 0 atom stereocenters. The zero-order valence-electron chi connectivity index (χ0n) is 21.1. The van der Waals surface area contributed by atoms with E-state index in [4.69, 9.17) is 14.2 Å². The maximum Gasteiger partial charge on any atom is 0.253 e. The molecule has 2 aromatic carbocycles. The van der Waals surface area contributed by atoms with Crippen LogP contribution < -0.4 is 15.0 Å². The molecule has 10 heteroatoms. The Balaban J connectivity index is 1.50. The Morgan fingerprint density at radius 2 is 1.56 bits per heavy atom. The van der Waals surface area contributed by atoms with E-state index >= 15 is 0 Å². The lowest BCUT2D eigenvalue weighted by Crippen LogP contribution is -2.48. The minimum absolute atomic E-state index is 0.0129. The van der Waals surface area contributed by atoms with Gasteiger partial charge in [0.2, 0.25) is 11.8 Å². The number of benzene rings is 2. The number of amides is 3. The molecular weight excluding hydrogens is 464 g/mol. The van der Waals surface area contributed by atoms with Gasteiger partial charge in [-0.15, -0.1) is 0 Å². The first-order chi connectivity index (χ1) is 17.4. The highest BCUT2D eigenvalue weighted by atomic mass is 16.5. The highest BCUT2D eigenvalue weighted by molar-refractivity contribution is 5.95. The Kier molecular flexibility index (Phi) is 10.1. The van der Waals surface area contributed by atoms with Crippen molar-refractivity contribution in [2.24, 2.45) is 0 Å². The molecule has 0 unspecified atom stereocenters. The van der Waals surface area contributed by atoms with Crippen LogP contribution in [0.4, 0.5) is 11.4 Å². The lowest BCUT2D eigenvalue weighted by atomic mass is 10.1. The Morgan fingerprint density at radius 3 is 2.14 bits per heavy atom. The zero-order valence-corrected chi connectivity index (χ0v) is 21.1. The Bertz CT molecular complexity index is 1000. The Morgan fingerprint density at radius 1 is 0.889 bits per heavy atom. The lowest BCUT2D eigenvalue weighted by Gasteiger charge is -2.36. The van der Waals surface area contributed by atoms with Crippen molar-refractivity contribution in [1.29, 1.82) is 0 Å². The molecule has 1 N–H and O–H groups in total. The number of ether oxygens (including phenoxy) is 3. The molecule has 0 radical (unpaired) electrons. The molecule has 2 aromatic rings. The number of anilines is 2. The minimum Gasteiger partial charge on any atom is -0.497 e. The number of hydrogen-bond donors (Lipinski definition) is 1. The van der Waals surface area contributed by atoms with E-state index in [9.17, 15) is 14.4 Å². The summed E-state index contributed by atoms with van der Waals surface area (Å²) in [5, 5.41) is 2.83. The minimum atomic E-state index is -0.297. The van der Waals surface area contributed by atoms with Crippen molar-refractivity contribution in [3.63, 3.8) is 0 Å². The van der Waals surface area contributed by atoms with Gasteiger partial charge in [0.15, 0.2) is 0 Å². The molecule has 3 rings (SSSR count). The summed E-state index contributed by atoms with van der Waals surface area (Å²) in [6, 6.07) is 14.7. The average Bonchev–Trinajstić information content (AvgIpc) is 2.91. The van der Waals surface area contributed by atoms with Crippen molar-refractivity contribution in [1.82, 2.24) is 9.80 Å². The summed E-state index contributed by atoms with van der Waals surface area (Å²) >= 11 is 0. The number of methoxy groups -OCH3 is 3. The summed E-state index contributed by atoms with van der Waals surface area (Å²) in [5.74, 6) is 0.163. The largest absolute Gasteiger partial charge is 0.497 e. The van der Waals surface area contributed by atoms with Crippen LogP contribution in [0, 0.1) is 0 Å². The SMILES string of the molecule is COCCN(CC(=O)Nc1ccc(N2CCN(C(=O)c3ccc(OC)cc3)CC2)cc1)C(=O)COC. The van der Waals surface area contributed by atoms with Gasteiger partial charge in [-0.3, -0.25) is 14.4 Å². The monoisotopic (exact) mass is 498 g/mol. The van der Waals surface area contributed by atoms with Gasteiger partial charge < -0.3 is 34.2 Å². The summed E-state index contributed by atoms with van der Waals surface area (Å²) in [4.78, 5) is 42.9. The van der Waals surface area contributed by atoms with Gasteiger partial charge in [-0.2, -0.15) is 0 Å². The van der Waals surface area contributed by atoms with Crippen LogP contribution in [0.5, 0.6) is 5.75 Å². The van der Waals surface area contributed by atoms with Crippen molar-refractivity contribution in [3.05, 3.63) is 54.1 Å². The first-order valence-electron chi connectivity index (χ1n) is 11.8. The maximum absolute atomic E-state index is 12.8. The summed E-state index contributed by atoms with van der Waals surface area (Å²) in [6.07, 6.45) is 0. The van der Waals surface area contributed by atoms with Gasteiger partial charge in [-0.25, -0.2) is 0 Å². The summed E-state index contributed by atoms with van der Waals surface area (Å²) in [5.41, 5.74) is 2.30. The third kappa shape index (κ3) is 7.43. The van der Waals surface area contributed by atoms with Crippen LogP contribution in [0.1, 0.15) is 10.4 Å². The summed E-state index contributed by atoms with van der Waals surface area (Å²) < 4.78 is 15.1. The second-order valence-corrected chi connectivity index (χ2v) is 8.34. The van der Waals surface area contributed by atoms with Gasteiger partial charge in [0, 0.05) is 63.9 Å². The molecular formula is C26H34N4O6. The average molecular weight is 499 g/mol. The van der Waals surface area contributed by atoms with Gasteiger partial charge in [0.05, 0.1) is 13.7 Å². The standard InChI is InChI=1S/C26H34N4O6/c1-34-17-16-30(25(32)19-35-2)18-24(31)27-21-6-8-22(9-7-21)28-12-14-29(15-13-28)26(33)20-4-10-23(36-3)11-5-20/h4-11H,12-19H2,1-3H3,(H,27,31). The van der Waals surface area contributed by atoms with E-state index < -0.39 is 0 Å². The molecule has 10 nitrogen and oxygen atoms in total. The van der Waals surface area contributed by atoms with E-state index in [1.54, 1.807) is 38.5 Å². The first kappa shape index (κ1) is 27.0. The van der Waals surface area contributed by atoms with Gasteiger partial charge in [0.1, 0.15) is 18.9 Å². The lowest BCUT2D eigenvalue weighted by molar-refractivity contribution is -0.138. The molecule has 1 fully saturated rings. The molecule has 1 aliphatic rings. The second kappa shape index (κ2) is 13.5. The molecule has 1 saturated heterocycles. The fourth-order valence-electron chi connectivity index (χ4n) is 3.92. The van der Waals surface area contributed by atoms with Gasteiger partial charge in [-0.05, 0) is 48.5 Å². The van der Waals surface area contributed by atoms with Crippen molar-refractivity contribution < 1.29 is 28.6 Å². The molecule has 0 bridgehead atoms. The van der Waals surface area contributed by atoms with Crippen LogP contribution in [0.2, 0.25) is 0 Å². The normalized spacial score (nSPS) is 13.3. The molecule has 3 amide bonds. The van der Waals surface area contributed by atoms with Crippen molar-refractivity contribution >= 4 is 29.1 Å². The molecule has 0 spiro atoms. The van der Waals surface area contributed by atoms with Crippen LogP contribution >= 0.6 is 0 Å². The van der Waals surface area contributed by atoms with E-state index in [1.165, 1.54) is 12.0 Å². The van der Waals surface area contributed by atoms with Gasteiger partial charge >= 0.3 is 0 Å².